The van der Waals surface area contributed by atoms with Crippen LogP contribution in [0.2, 0.25) is 0 Å². The summed E-state index contributed by atoms with van der Waals surface area (Å²) in [6.45, 7) is -2.97. The number of benzene rings is 1. The Labute approximate surface area is 107 Å². The fourth-order valence-electron chi connectivity index (χ4n) is 1.80. The average molecular weight is 270 g/mol. The summed E-state index contributed by atoms with van der Waals surface area (Å²) in [4.78, 5) is 22.8. The third-order valence-electron chi connectivity index (χ3n) is 2.67. The third kappa shape index (κ3) is 3.40. The van der Waals surface area contributed by atoms with Crippen LogP contribution in [0.3, 0.4) is 0 Å². The fraction of sp³-hybridized carbons (Fsp3) is 0.333. The van der Waals surface area contributed by atoms with Gasteiger partial charge in [-0.25, -0.2) is 0 Å². The van der Waals surface area contributed by atoms with Crippen molar-refractivity contribution in [2.75, 3.05) is 5.32 Å². The number of nitrogens with one attached hydrogen (secondary N) is 2. The number of hydrogen-bond donors (Lipinski definition) is 2. The van der Waals surface area contributed by atoms with Crippen molar-refractivity contribution in [2.45, 2.75) is 25.5 Å². The van der Waals surface area contributed by atoms with Crippen molar-refractivity contribution in [1.82, 2.24) is 5.32 Å². The van der Waals surface area contributed by atoms with Gasteiger partial charge in [-0.3, -0.25) is 9.59 Å². The number of carbonyl (C=O) groups excluding carboxylic acids is 2. The maximum atomic E-state index is 12.2. The van der Waals surface area contributed by atoms with Gasteiger partial charge >= 0.3 is 6.61 Å². The van der Waals surface area contributed by atoms with Gasteiger partial charge in [0.25, 0.3) is 0 Å². The molecule has 1 heterocycles. The van der Waals surface area contributed by atoms with Crippen LogP contribution >= 0.6 is 0 Å². The first kappa shape index (κ1) is 13.3. The predicted octanol–water partition coefficient (Wildman–Crippen LogP) is 1.51. The predicted molar refractivity (Wildman–Crippen MR) is 62.9 cm³/mol. The largest absolute Gasteiger partial charge is 0.433 e. The Kier molecular flexibility index (Phi) is 3.94. The zero-order valence-corrected chi connectivity index (χ0v) is 9.86. The lowest BCUT2D eigenvalue weighted by molar-refractivity contribution is -0.122. The normalized spacial score (nSPS) is 18.3. The summed E-state index contributed by atoms with van der Waals surface area (Å²) in [5, 5.41) is 4.96. The van der Waals surface area contributed by atoms with Crippen LogP contribution in [0.5, 0.6) is 5.75 Å². The molecule has 1 unspecified atom stereocenters. The van der Waals surface area contributed by atoms with Gasteiger partial charge < -0.3 is 15.4 Å². The van der Waals surface area contributed by atoms with Crippen LogP contribution in [0.25, 0.3) is 0 Å². The highest BCUT2D eigenvalue weighted by molar-refractivity contribution is 5.99. The van der Waals surface area contributed by atoms with Gasteiger partial charge in [-0.15, -0.1) is 0 Å². The van der Waals surface area contributed by atoms with Crippen molar-refractivity contribution in [2.24, 2.45) is 0 Å². The number of ether oxygens (including phenoxy) is 1. The molecule has 1 aromatic rings. The van der Waals surface area contributed by atoms with E-state index in [-0.39, 0.29) is 23.8 Å². The Morgan fingerprint density at radius 3 is 2.79 bits per heavy atom. The molecule has 1 saturated heterocycles. The smallest absolute Gasteiger partial charge is 0.387 e. The number of amides is 2. The lowest BCUT2D eigenvalue weighted by Gasteiger charge is -2.14. The first-order valence-corrected chi connectivity index (χ1v) is 5.70. The van der Waals surface area contributed by atoms with E-state index in [1.807, 2.05) is 0 Å². The second kappa shape index (κ2) is 5.64. The molecule has 2 N–H and O–H groups in total. The molecule has 5 nitrogen and oxygen atoms in total. The van der Waals surface area contributed by atoms with Crippen LogP contribution in [0.15, 0.2) is 24.3 Å². The number of rotatable bonds is 4. The first-order valence-electron chi connectivity index (χ1n) is 5.70. The van der Waals surface area contributed by atoms with E-state index in [1.54, 1.807) is 6.07 Å². The summed E-state index contributed by atoms with van der Waals surface area (Å²) in [5.41, 5.74) is 0.147. The Morgan fingerprint density at radius 2 is 2.16 bits per heavy atom. The van der Waals surface area contributed by atoms with Gasteiger partial charge in [0, 0.05) is 6.42 Å². The summed E-state index contributed by atoms with van der Waals surface area (Å²) in [6.07, 6.45) is 0.676. The van der Waals surface area contributed by atoms with Crippen LogP contribution in [0.4, 0.5) is 14.5 Å². The minimum Gasteiger partial charge on any atom is -0.433 e. The lowest BCUT2D eigenvalue weighted by Crippen LogP contribution is -2.37. The van der Waals surface area contributed by atoms with E-state index in [2.05, 4.69) is 15.4 Å². The number of carbonyl (C=O) groups is 2. The molecule has 2 amide bonds. The standard InChI is InChI=1S/C12H12F2N2O3/c13-12(14)19-9-4-2-1-3-7(9)16-11(18)8-5-6-10(17)15-8/h1-4,8,12H,5-6H2,(H,15,17)(H,16,18). The van der Waals surface area contributed by atoms with E-state index < -0.39 is 18.6 Å². The third-order valence-corrected chi connectivity index (χ3v) is 2.67. The highest BCUT2D eigenvalue weighted by Gasteiger charge is 2.27. The van der Waals surface area contributed by atoms with Gasteiger partial charge in [0.1, 0.15) is 11.8 Å². The highest BCUT2D eigenvalue weighted by atomic mass is 19.3. The second-order valence-corrected chi connectivity index (χ2v) is 4.02. The van der Waals surface area contributed by atoms with E-state index in [9.17, 15) is 18.4 Å². The minimum atomic E-state index is -2.97. The van der Waals surface area contributed by atoms with E-state index >= 15 is 0 Å². The SMILES string of the molecule is O=C1CCC(C(=O)Nc2ccccc2OC(F)F)N1. The van der Waals surface area contributed by atoms with Gasteiger partial charge in [0.05, 0.1) is 5.69 Å². The molecule has 1 aliphatic rings. The Hall–Kier alpha value is -2.18. The van der Waals surface area contributed by atoms with Crippen LogP contribution in [-0.2, 0) is 9.59 Å². The monoisotopic (exact) mass is 270 g/mol. The number of alkyl halides is 2. The second-order valence-electron chi connectivity index (χ2n) is 4.02. The van der Waals surface area contributed by atoms with E-state index in [4.69, 9.17) is 0 Å². The topological polar surface area (TPSA) is 67.4 Å². The van der Waals surface area contributed by atoms with Gasteiger partial charge in [-0.05, 0) is 18.6 Å². The molecule has 0 radical (unpaired) electrons. The van der Waals surface area contributed by atoms with E-state index in [1.165, 1.54) is 18.2 Å². The van der Waals surface area contributed by atoms with Crippen LogP contribution in [0, 0.1) is 0 Å². The molecule has 2 rings (SSSR count). The molecular weight excluding hydrogens is 258 g/mol. The van der Waals surface area contributed by atoms with Gasteiger partial charge in [0.2, 0.25) is 11.8 Å². The Morgan fingerprint density at radius 1 is 1.42 bits per heavy atom. The number of anilines is 1. The molecule has 1 aliphatic heterocycles. The van der Waals surface area contributed by atoms with Crippen molar-refractivity contribution < 1.29 is 23.1 Å². The molecule has 0 spiro atoms. The van der Waals surface area contributed by atoms with Crippen molar-refractivity contribution in [3.63, 3.8) is 0 Å². The van der Waals surface area contributed by atoms with Gasteiger partial charge in [0.15, 0.2) is 0 Å². The lowest BCUT2D eigenvalue weighted by atomic mass is 10.2. The molecule has 102 valence electrons. The molecule has 1 fully saturated rings. The molecule has 19 heavy (non-hydrogen) atoms. The molecule has 7 heteroatoms. The number of para-hydroxylation sites is 2. The molecule has 0 aromatic heterocycles. The van der Waals surface area contributed by atoms with Gasteiger partial charge in [-0.2, -0.15) is 8.78 Å². The van der Waals surface area contributed by atoms with Crippen molar-refractivity contribution in [3.05, 3.63) is 24.3 Å². The fourth-order valence-corrected chi connectivity index (χ4v) is 1.80. The average Bonchev–Trinajstić information content (AvgIpc) is 2.78. The molecule has 0 saturated carbocycles. The number of hydrogen-bond acceptors (Lipinski definition) is 3. The Bertz CT molecular complexity index is 494. The number of halogens is 2. The van der Waals surface area contributed by atoms with Crippen LogP contribution in [0.1, 0.15) is 12.8 Å². The zero-order chi connectivity index (χ0) is 13.8. The van der Waals surface area contributed by atoms with Crippen molar-refractivity contribution >= 4 is 17.5 Å². The maximum absolute atomic E-state index is 12.2. The van der Waals surface area contributed by atoms with Crippen LogP contribution in [-0.4, -0.2) is 24.5 Å². The van der Waals surface area contributed by atoms with E-state index in [0.717, 1.165) is 0 Å². The Balaban J connectivity index is 2.06. The summed E-state index contributed by atoms with van der Waals surface area (Å²) < 4.78 is 28.7. The highest BCUT2D eigenvalue weighted by Crippen LogP contribution is 2.26. The van der Waals surface area contributed by atoms with Gasteiger partial charge in [-0.1, -0.05) is 12.1 Å². The van der Waals surface area contributed by atoms with E-state index in [0.29, 0.717) is 6.42 Å². The first-order chi connectivity index (χ1) is 9.06. The molecule has 0 bridgehead atoms. The summed E-state index contributed by atoms with van der Waals surface area (Å²) >= 11 is 0. The zero-order valence-electron chi connectivity index (χ0n) is 9.86. The van der Waals surface area contributed by atoms with Crippen LogP contribution < -0.4 is 15.4 Å². The molecule has 0 aliphatic carbocycles. The van der Waals surface area contributed by atoms with Crippen molar-refractivity contribution in [3.8, 4) is 5.75 Å². The molecular formula is C12H12F2N2O3. The molecule has 1 atom stereocenters. The summed E-state index contributed by atoms with van der Waals surface area (Å²) in [6, 6.07) is 5.25. The van der Waals surface area contributed by atoms with Crippen molar-refractivity contribution in [1.29, 1.82) is 0 Å². The minimum absolute atomic E-state index is 0.116. The molecule has 1 aromatic carbocycles. The quantitative estimate of drug-likeness (QED) is 0.871. The maximum Gasteiger partial charge on any atom is 0.387 e. The summed E-state index contributed by atoms with van der Waals surface area (Å²) in [5.74, 6) is -0.761. The summed E-state index contributed by atoms with van der Waals surface area (Å²) in [7, 11) is 0.